The molecule has 1 saturated heterocycles. The van der Waals surface area contributed by atoms with Gasteiger partial charge in [-0.15, -0.1) is 11.3 Å². The Labute approximate surface area is 122 Å². The first-order valence-corrected chi connectivity index (χ1v) is 8.59. The number of hydrogen-bond acceptors (Lipinski definition) is 3. The lowest BCUT2D eigenvalue weighted by molar-refractivity contribution is 0.195. The number of nitrogens with zero attached hydrogens (tertiary/aromatic N) is 1. The average Bonchev–Trinajstić information content (AvgIpc) is 2.78. The predicted molar refractivity (Wildman–Crippen MR) is 84.9 cm³/mol. The van der Waals surface area contributed by atoms with Crippen molar-refractivity contribution in [2.24, 2.45) is 0 Å². The molecular weight excluding hydrogens is 252 g/mol. The van der Waals surface area contributed by atoms with E-state index in [1.165, 1.54) is 48.5 Å². The molecule has 0 radical (unpaired) electrons. The average molecular weight is 280 g/mol. The van der Waals surface area contributed by atoms with Crippen molar-refractivity contribution in [2.75, 3.05) is 13.1 Å². The summed E-state index contributed by atoms with van der Waals surface area (Å²) in [5, 5.41) is 3.71. The Kier molecular flexibility index (Phi) is 5.86. The first-order chi connectivity index (χ1) is 9.22. The van der Waals surface area contributed by atoms with Crippen LogP contribution in [0, 0.1) is 0 Å². The van der Waals surface area contributed by atoms with Gasteiger partial charge in [0.2, 0.25) is 0 Å². The topological polar surface area (TPSA) is 15.3 Å². The highest BCUT2D eigenvalue weighted by molar-refractivity contribution is 7.11. The molecule has 0 aromatic carbocycles. The fraction of sp³-hybridized carbons (Fsp3) is 0.750. The second-order valence-corrected chi connectivity index (χ2v) is 6.98. The van der Waals surface area contributed by atoms with Crippen molar-refractivity contribution in [1.29, 1.82) is 0 Å². The number of rotatable bonds is 5. The third-order valence-electron chi connectivity index (χ3n) is 4.14. The fourth-order valence-electron chi connectivity index (χ4n) is 2.87. The van der Waals surface area contributed by atoms with Crippen molar-refractivity contribution in [3.05, 3.63) is 21.9 Å². The molecule has 0 aliphatic carbocycles. The lowest BCUT2D eigenvalue weighted by atomic mass is 10.1. The molecule has 1 N–H and O–H groups in total. The van der Waals surface area contributed by atoms with E-state index in [9.17, 15) is 0 Å². The molecule has 1 fully saturated rings. The van der Waals surface area contributed by atoms with Gasteiger partial charge in [-0.05, 0) is 44.9 Å². The zero-order chi connectivity index (χ0) is 13.7. The van der Waals surface area contributed by atoms with E-state index < -0.39 is 0 Å². The minimum absolute atomic E-state index is 0.681. The van der Waals surface area contributed by atoms with E-state index in [2.05, 4.69) is 43.1 Å². The summed E-state index contributed by atoms with van der Waals surface area (Å²) < 4.78 is 0. The molecule has 0 amide bonds. The van der Waals surface area contributed by atoms with Crippen LogP contribution in [0.25, 0.3) is 0 Å². The summed E-state index contributed by atoms with van der Waals surface area (Å²) in [5.41, 5.74) is 0. The molecule has 2 heterocycles. The predicted octanol–water partition coefficient (Wildman–Crippen LogP) is 3.66. The molecule has 0 saturated carbocycles. The second kappa shape index (κ2) is 7.41. The van der Waals surface area contributed by atoms with Gasteiger partial charge in [0.25, 0.3) is 0 Å². The Morgan fingerprint density at radius 1 is 1.32 bits per heavy atom. The van der Waals surface area contributed by atoms with Crippen molar-refractivity contribution >= 4 is 11.3 Å². The minimum Gasteiger partial charge on any atom is -0.313 e. The van der Waals surface area contributed by atoms with Gasteiger partial charge in [0.15, 0.2) is 0 Å². The van der Waals surface area contributed by atoms with E-state index in [-0.39, 0.29) is 0 Å². The lowest BCUT2D eigenvalue weighted by Gasteiger charge is -2.28. The maximum atomic E-state index is 3.71. The summed E-state index contributed by atoms with van der Waals surface area (Å²) in [6, 6.07) is 6.00. The molecular formula is C16H28N2S. The summed E-state index contributed by atoms with van der Waals surface area (Å²) in [6.45, 7) is 10.4. The summed E-state index contributed by atoms with van der Waals surface area (Å²) in [5.74, 6) is 0. The van der Waals surface area contributed by atoms with Crippen LogP contribution in [0.15, 0.2) is 12.1 Å². The monoisotopic (exact) mass is 280 g/mol. The van der Waals surface area contributed by atoms with Gasteiger partial charge in [0, 0.05) is 34.9 Å². The minimum atomic E-state index is 0.681. The highest BCUT2D eigenvalue weighted by atomic mass is 32.1. The summed E-state index contributed by atoms with van der Waals surface area (Å²) in [6.07, 6.45) is 5.01. The van der Waals surface area contributed by atoms with Crippen LogP contribution in [0.3, 0.4) is 0 Å². The molecule has 0 spiro atoms. The lowest BCUT2D eigenvalue weighted by Crippen LogP contribution is -2.39. The first-order valence-electron chi connectivity index (χ1n) is 7.78. The van der Waals surface area contributed by atoms with Gasteiger partial charge >= 0.3 is 0 Å². The van der Waals surface area contributed by atoms with E-state index in [0.717, 1.165) is 6.54 Å². The van der Waals surface area contributed by atoms with Crippen molar-refractivity contribution < 1.29 is 0 Å². The molecule has 1 aliphatic rings. The van der Waals surface area contributed by atoms with Crippen LogP contribution >= 0.6 is 11.3 Å². The van der Waals surface area contributed by atoms with Crippen LogP contribution in [0.2, 0.25) is 0 Å². The van der Waals surface area contributed by atoms with Crippen molar-refractivity contribution in [3.8, 4) is 0 Å². The summed E-state index contributed by atoms with van der Waals surface area (Å²) in [4.78, 5) is 5.72. The van der Waals surface area contributed by atoms with Crippen molar-refractivity contribution in [1.82, 2.24) is 10.2 Å². The third-order valence-corrected chi connectivity index (χ3v) is 5.35. The Morgan fingerprint density at radius 3 is 2.79 bits per heavy atom. The second-order valence-electron chi connectivity index (χ2n) is 5.73. The van der Waals surface area contributed by atoms with Crippen LogP contribution in [-0.4, -0.2) is 30.1 Å². The van der Waals surface area contributed by atoms with Gasteiger partial charge in [0.05, 0.1) is 0 Å². The molecule has 19 heavy (non-hydrogen) atoms. The number of aryl methyl sites for hydroxylation is 1. The molecule has 1 aromatic heterocycles. The quantitative estimate of drug-likeness (QED) is 0.885. The highest BCUT2D eigenvalue weighted by Crippen LogP contribution is 2.21. The molecule has 2 rings (SSSR count). The molecule has 0 bridgehead atoms. The van der Waals surface area contributed by atoms with E-state index in [1.54, 1.807) is 0 Å². The smallest absolute Gasteiger partial charge is 0.0331 e. The van der Waals surface area contributed by atoms with E-state index in [4.69, 9.17) is 0 Å². The van der Waals surface area contributed by atoms with Gasteiger partial charge < -0.3 is 5.32 Å². The first kappa shape index (κ1) is 15.0. The van der Waals surface area contributed by atoms with Crippen LogP contribution in [-0.2, 0) is 13.0 Å². The maximum Gasteiger partial charge on any atom is 0.0331 e. The maximum absolute atomic E-state index is 3.71. The Bertz CT molecular complexity index is 375. The van der Waals surface area contributed by atoms with Crippen molar-refractivity contribution in [3.63, 3.8) is 0 Å². The third kappa shape index (κ3) is 4.30. The van der Waals surface area contributed by atoms with Gasteiger partial charge in [-0.1, -0.05) is 20.3 Å². The Morgan fingerprint density at radius 2 is 2.11 bits per heavy atom. The fourth-order valence-corrected chi connectivity index (χ4v) is 3.85. The van der Waals surface area contributed by atoms with Crippen LogP contribution in [0.1, 0.15) is 49.8 Å². The number of hydrogen-bond donors (Lipinski definition) is 1. The number of thiophene rings is 1. The zero-order valence-electron chi connectivity index (χ0n) is 12.6. The largest absolute Gasteiger partial charge is 0.313 e. The van der Waals surface area contributed by atoms with Crippen LogP contribution < -0.4 is 5.32 Å². The molecule has 3 heteroatoms. The molecule has 1 aliphatic heterocycles. The molecule has 2 atom stereocenters. The van der Waals surface area contributed by atoms with E-state index in [0.29, 0.717) is 12.1 Å². The van der Waals surface area contributed by atoms with Gasteiger partial charge in [-0.25, -0.2) is 0 Å². The molecule has 1 aromatic rings. The summed E-state index contributed by atoms with van der Waals surface area (Å²) >= 11 is 1.99. The number of nitrogens with one attached hydrogen (secondary N) is 1. The van der Waals surface area contributed by atoms with E-state index in [1.807, 2.05) is 11.3 Å². The van der Waals surface area contributed by atoms with Crippen LogP contribution in [0.4, 0.5) is 0 Å². The molecule has 108 valence electrons. The van der Waals surface area contributed by atoms with Gasteiger partial charge in [0.1, 0.15) is 0 Å². The normalized spacial score (nSPS) is 25.4. The molecule has 2 nitrogen and oxygen atoms in total. The summed E-state index contributed by atoms with van der Waals surface area (Å²) in [7, 11) is 0. The van der Waals surface area contributed by atoms with Crippen molar-refractivity contribution in [2.45, 2.75) is 65.1 Å². The van der Waals surface area contributed by atoms with Gasteiger partial charge in [-0.3, -0.25) is 4.90 Å². The van der Waals surface area contributed by atoms with Gasteiger partial charge in [-0.2, -0.15) is 0 Å². The highest BCUT2D eigenvalue weighted by Gasteiger charge is 2.22. The molecule has 2 unspecified atom stereocenters. The Balaban J connectivity index is 1.98. The SMILES string of the molecule is CCCC1CN(Cc2ccc(CC)s2)C(C)CCN1. The van der Waals surface area contributed by atoms with Crippen LogP contribution in [0.5, 0.6) is 0 Å². The van der Waals surface area contributed by atoms with E-state index >= 15 is 0 Å². The standard InChI is InChI=1S/C16H28N2S/c1-4-6-14-11-18(13(3)9-10-17-14)12-16-8-7-15(5-2)19-16/h7-8,13-14,17H,4-6,9-12H2,1-3H3. The Hall–Kier alpha value is -0.380. The zero-order valence-corrected chi connectivity index (χ0v) is 13.4.